The first-order chi connectivity index (χ1) is 9.06. The maximum atomic E-state index is 12.1. The fraction of sp³-hybridized carbons (Fsp3) is 0.500. The van der Waals surface area contributed by atoms with Gasteiger partial charge in [-0.1, -0.05) is 42.3 Å². The van der Waals surface area contributed by atoms with Gasteiger partial charge in [0.2, 0.25) is 5.91 Å². The summed E-state index contributed by atoms with van der Waals surface area (Å²) in [5, 5.41) is 1.00. The summed E-state index contributed by atoms with van der Waals surface area (Å²) in [7, 11) is 0. The molecule has 1 fully saturated rings. The minimum atomic E-state index is -0.174. The molecule has 0 aromatic heterocycles. The van der Waals surface area contributed by atoms with E-state index in [1.54, 1.807) is 6.07 Å². The van der Waals surface area contributed by atoms with Gasteiger partial charge in [0, 0.05) is 19.0 Å². The molecule has 1 aliphatic heterocycles. The van der Waals surface area contributed by atoms with Gasteiger partial charge < -0.3 is 10.6 Å². The van der Waals surface area contributed by atoms with Crippen LogP contribution in [0.15, 0.2) is 18.2 Å². The van der Waals surface area contributed by atoms with E-state index in [9.17, 15) is 4.79 Å². The van der Waals surface area contributed by atoms with E-state index in [-0.39, 0.29) is 18.0 Å². The summed E-state index contributed by atoms with van der Waals surface area (Å²) < 4.78 is 0. The predicted octanol–water partition coefficient (Wildman–Crippen LogP) is 3.39. The Hall–Kier alpha value is -0.770. The minimum absolute atomic E-state index is 0.0970. The molecule has 2 atom stereocenters. The van der Waals surface area contributed by atoms with Crippen molar-refractivity contribution in [2.24, 2.45) is 5.73 Å². The molecule has 1 aromatic rings. The molecule has 0 aliphatic carbocycles. The number of halogens is 2. The number of piperidine rings is 1. The second kappa shape index (κ2) is 6.12. The van der Waals surface area contributed by atoms with Crippen molar-refractivity contribution in [1.82, 2.24) is 4.90 Å². The number of nitrogens with zero attached hydrogens (tertiary/aromatic N) is 1. The lowest BCUT2D eigenvalue weighted by Gasteiger charge is -2.40. The van der Waals surface area contributed by atoms with Gasteiger partial charge in [0.15, 0.2) is 0 Å². The van der Waals surface area contributed by atoms with E-state index in [0.29, 0.717) is 29.4 Å². The molecule has 19 heavy (non-hydrogen) atoms. The summed E-state index contributed by atoms with van der Waals surface area (Å²) in [4.78, 5) is 13.9. The van der Waals surface area contributed by atoms with Crippen molar-refractivity contribution in [1.29, 1.82) is 0 Å². The highest BCUT2D eigenvalue weighted by atomic mass is 35.5. The van der Waals surface area contributed by atoms with Crippen LogP contribution < -0.4 is 5.73 Å². The Morgan fingerprint density at radius 2 is 2.16 bits per heavy atom. The van der Waals surface area contributed by atoms with E-state index in [0.717, 1.165) is 12.0 Å². The number of benzene rings is 1. The van der Waals surface area contributed by atoms with E-state index in [4.69, 9.17) is 28.9 Å². The van der Waals surface area contributed by atoms with Crippen molar-refractivity contribution >= 4 is 29.1 Å². The molecule has 0 saturated carbocycles. The molecule has 1 amide bonds. The third kappa shape index (κ3) is 2.88. The molecule has 1 aromatic carbocycles. The van der Waals surface area contributed by atoms with Crippen molar-refractivity contribution in [2.75, 3.05) is 6.54 Å². The number of carbonyl (C=O) groups excluding carboxylic acids is 1. The molecule has 5 heteroatoms. The maximum absolute atomic E-state index is 12.1. The Balaban J connectivity index is 2.42. The van der Waals surface area contributed by atoms with Crippen LogP contribution in [0.2, 0.25) is 10.0 Å². The first kappa shape index (κ1) is 14.6. The quantitative estimate of drug-likeness (QED) is 0.930. The van der Waals surface area contributed by atoms with Gasteiger partial charge >= 0.3 is 0 Å². The maximum Gasteiger partial charge on any atom is 0.223 e. The largest absolute Gasteiger partial charge is 0.334 e. The van der Waals surface area contributed by atoms with Crippen LogP contribution in [-0.4, -0.2) is 23.4 Å². The Bertz CT molecular complexity index is 479. The van der Waals surface area contributed by atoms with Crippen LogP contribution in [0.25, 0.3) is 0 Å². The average molecular weight is 301 g/mol. The van der Waals surface area contributed by atoms with Crippen molar-refractivity contribution in [3.05, 3.63) is 33.8 Å². The van der Waals surface area contributed by atoms with Gasteiger partial charge in [-0.2, -0.15) is 0 Å². The van der Waals surface area contributed by atoms with Crippen LogP contribution in [0.3, 0.4) is 0 Å². The molecule has 2 rings (SSSR count). The standard InChI is InChI=1S/C14H18Cl2N2O/c1-2-8-18-12(19)7-6-11(17)14(18)9-4-3-5-10(15)13(9)16/h3-5,11,14H,2,6-8,17H2,1H3. The highest BCUT2D eigenvalue weighted by molar-refractivity contribution is 6.42. The summed E-state index contributed by atoms with van der Waals surface area (Å²) in [6, 6.07) is 5.22. The summed E-state index contributed by atoms with van der Waals surface area (Å²) in [5.74, 6) is 0.143. The second-order valence-corrected chi connectivity index (χ2v) is 5.66. The molecule has 1 heterocycles. The van der Waals surface area contributed by atoms with E-state index >= 15 is 0 Å². The minimum Gasteiger partial charge on any atom is -0.334 e. The summed E-state index contributed by atoms with van der Waals surface area (Å²) in [5.41, 5.74) is 7.07. The molecule has 0 spiro atoms. The molecule has 0 bridgehead atoms. The zero-order valence-corrected chi connectivity index (χ0v) is 12.4. The number of nitrogens with two attached hydrogens (primary N) is 1. The third-order valence-electron chi connectivity index (χ3n) is 3.52. The summed E-state index contributed by atoms with van der Waals surface area (Å²) in [6.07, 6.45) is 2.09. The average Bonchev–Trinajstić information content (AvgIpc) is 2.39. The zero-order chi connectivity index (χ0) is 14.0. The number of hydrogen-bond acceptors (Lipinski definition) is 2. The molecule has 2 unspecified atom stereocenters. The smallest absolute Gasteiger partial charge is 0.223 e. The fourth-order valence-electron chi connectivity index (χ4n) is 2.63. The molecular weight excluding hydrogens is 283 g/mol. The van der Waals surface area contributed by atoms with E-state index < -0.39 is 0 Å². The summed E-state index contributed by atoms with van der Waals surface area (Å²) in [6.45, 7) is 2.74. The Kier molecular flexibility index (Phi) is 4.71. The van der Waals surface area contributed by atoms with Crippen molar-refractivity contribution in [3.63, 3.8) is 0 Å². The lowest BCUT2D eigenvalue weighted by atomic mass is 9.90. The normalized spacial score (nSPS) is 23.8. The van der Waals surface area contributed by atoms with E-state index in [2.05, 4.69) is 0 Å². The number of hydrogen-bond donors (Lipinski definition) is 1. The monoisotopic (exact) mass is 300 g/mol. The lowest BCUT2D eigenvalue weighted by Crippen LogP contribution is -2.49. The van der Waals surface area contributed by atoms with Crippen molar-refractivity contribution < 1.29 is 4.79 Å². The zero-order valence-electron chi connectivity index (χ0n) is 10.9. The molecule has 1 aliphatic rings. The Morgan fingerprint density at radius 1 is 1.42 bits per heavy atom. The van der Waals surface area contributed by atoms with Gasteiger partial charge in [0.1, 0.15) is 0 Å². The van der Waals surface area contributed by atoms with Gasteiger partial charge in [0.25, 0.3) is 0 Å². The van der Waals surface area contributed by atoms with Crippen LogP contribution in [0, 0.1) is 0 Å². The predicted molar refractivity (Wildman–Crippen MR) is 78.4 cm³/mol. The molecule has 2 N–H and O–H groups in total. The fourth-order valence-corrected chi connectivity index (χ4v) is 3.05. The van der Waals surface area contributed by atoms with Gasteiger partial charge in [0.05, 0.1) is 16.1 Å². The van der Waals surface area contributed by atoms with Crippen LogP contribution in [0.5, 0.6) is 0 Å². The van der Waals surface area contributed by atoms with E-state index in [1.165, 1.54) is 0 Å². The number of carbonyl (C=O) groups is 1. The molecule has 1 saturated heterocycles. The van der Waals surface area contributed by atoms with Crippen LogP contribution >= 0.6 is 23.2 Å². The molecule has 104 valence electrons. The SMILES string of the molecule is CCCN1C(=O)CCC(N)C1c1cccc(Cl)c1Cl. The van der Waals surface area contributed by atoms with E-state index in [1.807, 2.05) is 24.0 Å². The highest BCUT2D eigenvalue weighted by Crippen LogP contribution is 2.37. The van der Waals surface area contributed by atoms with Crippen molar-refractivity contribution in [2.45, 2.75) is 38.3 Å². The van der Waals surface area contributed by atoms with Crippen LogP contribution in [0.1, 0.15) is 37.8 Å². The molecule has 3 nitrogen and oxygen atoms in total. The topological polar surface area (TPSA) is 46.3 Å². The van der Waals surface area contributed by atoms with Crippen LogP contribution in [-0.2, 0) is 4.79 Å². The van der Waals surface area contributed by atoms with Crippen LogP contribution in [0.4, 0.5) is 0 Å². The second-order valence-electron chi connectivity index (χ2n) is 4.88. The number of likely N-dealkylation sites (tertiary alicyclic amines) is 1. The molecular formula is C14H18Cl2N2O. The van der Waals surface area contributed by atoms with Crippen molar-refractivity contribution in [3.8, 4) is 0 Å². The third-order valence-corrected chi connectivity index (χ3v) is 4.35. The Labute approximate surface area is 123 Å². The number of rotatable bonds is 3. The number of amides is 1. The highest BCUT2D eigenvalue weighted by Gasteiger charge is 2.35. The first-order valence-corrected chi connectivity index (χ1v) is 7.30. The van der Waals surface area contributed by atoms with Gasteiger partial charge in [-0.05, 0) is 24.5 Å². The van der Waals surface area contributed by atoms with Gasteiger partial charge in [-0.25, -0.2) is 0 Å². The van der Waals surface area contributed by atoms with Gasteiger partial charge in [-0.15, -0.1) is 0 Å². The molecule has 0 radical (unpaired) electrons. The lowest BCUT2D eigenvalue weighted by molar-refractivity contribution is -0.137. The van der Waals surface area contributed by atoms with Gasteiger partial charge in [-0.3, -0.25) is 4.79 Å². The summed E-state index contributed by atoms with van der Waals surface area (Å²) >= 11 is 12.3. The Morgan fingerprint density at radius 3 is 2.84 bits per heavy atom. The first-order valence-electron chi connectivity index (χ1n) is 6.55.